The molecule has 1 atom stereocenters. The van der Waals surface area contributed by atoms with Gasteiger partial charge in [-0.05, 0) is 6.92 Å². The van der Waals surface area contributed by atoms with E-state index in [9.17, 15) is 4.79 Å². The number of hydrogen-bond donors (Lipinski definition) is 1. The third-order valence-electron chi connectivity index (χ3n) is 2.67. The first kappa shape index (κ1) is 13.2. The van der Waals surface area contributed by atoms with Crippen LogP contribution in [-0.2, 0) is 9.53 Å². The zero-order valence-electron chi connectivity index (χ0n) is 10.8. The van der Waals surface area contributed by atoms with Crippen LogP contribution in [0.1, 0.15) is 6.92 Å². The number of amides is 1. The number of nitrogens with one attached hydrogen (secondary N) is 1. The molecule has 2 aromatic rings. The Kier molecular flexibility index (Phi) is 4.20. The van der Waals surface area contributed by atoms with Gasteiger partial charge < -0.3 is 10.1 Å². The van der Waals surface area contributed by atoms with Gasteiger partial charge in [0.1, 0.15) is 6.10 Å². The number of methoxy groups -OCH3 is 1. The highest BCUT2D eigenvalue weighted by Crippen LogP contribution is 2.14. The third kappa shape index (κ3) is 3.35. The topological polar surface area (TPSA) is 64.1 Å². The van der Waals surface area contributed by atoms with Crippen LogP contribution >= 0.6 is 0 Å². The van der Waals surface area contributed by atoms with E-state index in [0.29, 0.717) is 11.5 Å². The van der Waals surface area contributed by atoms with Crippen molar-refractivity contribution in [2.24, 2.45) is 0 Å². The molecular weight excluding hydrogens is 242 g/mol. The maximum Gasteiger partial charge on any atom is 0.253 e. The lowest BCUT2D eigenvalue weighted by atomic mass is 10.2. The molecule has 1 unspecified atom stereocenters. The van der Waals surface area contributed by atoms with Crippen molar-refractivity contribution in [2.45, 2.75) is 13.0 Å². The van der Waals surface area contributed by atoms with E-state index in [0.717, 1.165) is 5.56 Å². The Morgan fingerprint density at radius 2 is 1.84 bits per heavy atom. The first-order valence-corrected chi connectivity index (χ1v) is 5.92. The van der Waals surface area contributed by atoms with Crippen LogP contribution in [0.25, 0.3) is 11.4 Å². The average Bonchev–Trinajstić information content (AvgIpc) is 2.48. The fourth-order valence-corrected chi connectivity index (χ4v) is 1.48. The Morgan fingerprint density at radius 1 is 1.21 bits per heavy atom. The van der Waals surface area contributed by atoms with Crippen molar-refractivity contribution >= 4 is 11.6 Å². The number of carbonyl (C=O) groups excluding carboxylic acids is 1. The van der Waals surface area contributed by atoms with Gasteiger partial charge in [0.15, 0.2) is 5.82 Å². The molecule has 1 aromatic carbocycles. The molecular formula is C14H15N3O2. The SMILES string of the molecule is COC(C)C(=O)Nc1cnc(-c2ccccc2)nc1. The van der Waals surface area contributed by atoms with E-state index in [4.69, 9.17) is 4.74 Å². The average molecular weight is 257 g/mol. The molecule has 0 saturated carbocycles. The molecule has 5 nitrogen and oxygen atoms in total. The van der Waals surface area contributed by atoms with Crippen molar-refractivity contribution in [3.8, 4) is 11.4 Å². The van der Waals surface area contributed by atoms with Crippen molar-refractivity contribution in [3.05, 3.63) is 42.7 Å². The number of ether oxygens (including phenoxy) is 1. The highest BCUT2D eigenvalue weighted by Gasteiger charge is 2.11. The van der Waals surface area contributed by atoms with Crippen LogP contribution in [0.5, 0.6) is 0 Å². The lowest BCUT2D eigenvalue weighted by Gasteiger charge is -2.10. The van der Waals surface area contributed by atoms with Crippen LogP contribution in [0, 0.1) is 0 Å². The highest BCUT2D eigenvalue weighted by atomic mass is 16.5. The second-order valence-corrected chi connectivity index (χ2v) is 4.03. The molecule has 0 aliphatic carbocycles. The standard InChI is InChI=1S/C14H15N3O2/c1-10(19-2)14(18)17-12-8-15-13(16-9-12)11-6-4-3-5-7-11/h3-10H,1-2H3,(H,17,18). The largest absolute Gasteiger partial charge is 0.372 e. The normalized spacial score (nSPS) is 11.9. The van der Waals surface area contributed by atoms with Gasteiger partial charge in [-0.15, -0.1) is 0 Å². The fourth-order valence-electron chi connectivity index (χ4n) is 1.48. The molecule has 19 heavy (non-hydrogen) atoms. The smallest absolute Gasteiger partial charge is 0.253 e. The van der Waals surface area contributed by atoms with E-state index in [1.54, 1.807) is 19.3 Å². The Hall–Kier alpha value is -2.27. The van der Waals surface area contributed by atoms with Gasteiger partial charge >= 0.3 is 0 Å². The van der Waals surface area contributed by atoms with Crippen LogP contribution in [0.2, 0.25) is 0 Å². The molecule has 0 bridgehead atoms. The maximum absolute atomic E-state index is 11.6. The summed E-state index contributed by atoms with van der Waals surface area (Å²) in [6.07, 6.45) is 2.65. The lowest BCUT2D eigenvalue weighted by Crippen LogP contribution is -2.26. The van der Waals surface area contributed by atoms with E-state index in [-0.39, 0.29) is 5.91 Å². The minimum atomic E-state index is -0.506. The molecule has 1 heterocycles. The molecule has 0 fully saturated rings. The number of hydrogen-bond acceptors (Lipinski definition) is 4. The summed E-state index contributed by atoms with van der Waals surface area (Å²) >= 11 is 0. The Bertz CT molecular complexity index is 540. The molecule has 2 rings (SSSR count). The minimum Gasteiger partial charge on any atom is -0.372 e. The van der Waals surface area contributed by atoms with E-state index >= 15 is 0 Å². The number of rotatable bonds is 4. The van der Waals surface area contributed by atoms with E-state index < -0.39 is 6.10 Å². The summed E-state index contributed by atoms with van der Waals surface area (Å²) < 4.78 is 4.92. The Morgan fingerprint density at radius 3 is 2.42 bits per heavy atom. The zero-order chi connectivity index (χ0) is 13.7. The van der Waals surface area contributed by atoms with Crippen LogP contribution in [-0.4, -0.2) is 29.1 Å². The lowest BCUT2D eigenvalue weighted by molar-refractivity contribution is -0.124. The summed E-state index contributed by atoms with van der Waals surface area (Å²) in [4.78, 5) is 20.0. The second kappa shape index (κ2) is 6.06. The number of aromatic nitrogens is 2. The molecule has 1 N–H and O–H groups in total. The molecule has 0 spiro atoms. The van der Waals surface area contributed by atoms with Gasteiger partial charge in [0.2, 0.25) is 0 Å². The van der Waals surface area contributed by atoms with Crippen molar-refractivity contribution in [2.75, 3.05) is 12.4 Å². The van der Waals surface area contributed by atoms with E-state index in [1.165, 1.54) is 7.11 Å². The summed E-state index contributed by atoms with van der Waals surface area (Å²) in [6, 6.07) is 9.65. The predicted molar refractivity (Wildman–Crippen MR) is 72.6 cm³/mol. The summed E-state index contributed by atoms with van der Waals surface area (Å²) in [5.41, 5.74) is 1.49. The highest BCUT2D eigenvalue weighted by molar-refractivity contribution is 5.93. The van der Waals surface area contributed by atoms with Gasteiger partial charge in [0, 0.05) is 12.7 Å². The Labute approximate surface area is 111 Å². The van der Waals surface area contributed by atoms with E-state index in [2.05, 4.69) is 15.3 Å². The summed E-state index contributed by atoms with van der Waals surface area (Å²) in [5, 5.41) is 2.68. The predicted octanol–water partition coefficient (Wildman–Crippen LogP) is 2.12. The molecule has 5 heteroatoms. The fraction of sp³-hybridized carbons (Fsp3) is 0.214. The molecule has 0 saturated heterocycles. The minimum absolute atomic E-state index is 0.224. The second-order valence-electron chi connectivity index (χ2n) is 4.03. The van der Waals surface area contributed by atoms with Crippen molar-refractivity contribution in [1.29, 1.82) is 0 Å². The number of anilines is 1. The van der Waals surface area contributed by atoms with Gasteiger partial charge in [-0.25, -0.2) is 9.97 Å². The first-order chi connectivity index (χ1) is 9.20. The molecule has 1 amide bonds. The van der Waals surface area contributed by atoms with Gasteiger partial charge in [0.25, 0.3) is 5.91 Å². The van der Waals surface area contributed by atoms with Gasteiger partial charge in [0.05, 0.1) is 18.1 Å². The van der Waals surface area contributed by atoms with Gasteiger partial charge in [-0.1, -0.05) is 30.3 Å². The van der Waals surface area contributed by atoms with Crippen LogP contribution in [0.3, 0.4) is 0 Å². The van der Waals surface area contributed by atoms with Crippen molar-refractivity contribution < 1.29 is 9.53 Å². The Balaban J connectivity index is 2.09. The van der Waals surface area contributed by atoms with Crippen molar-refractivity contribution in [1.82, 2.24) is 9.97 Å². The number of carbonyl (C=O) groups is 1. The first-order valence-electron chi connectivity index (χ1n) is 5.92. The third-order valence-corrected chi connectivity index (χ3v) is 2.67. The molecule has 98 valence electrons. The quantitative estimate of drug-likeness (QED) is 0.911. The monoisotopic (exact) mass is 257 g/mol. The van der Waals surface area contributed by atoms with Gasteiger partial charge in [-0.2, -0.15) is 0 Å². The van der Waals surface area contributed by atoms with Crippen LogP contribution in [0.4, 0.5) is 5.69 Å². The number of nitrogens with zero attached hydrogens (tertiary/aromatic N) is 2. The molecule has 0 radical (unpaired) electrons. The van der Waals surface area contributed by atoms with Crippen LogP contribution in [0.15, 0.2) is 42.7 Å². The molecule has 0 aliphatic heterocycles. The van der Waals surface area contributed by atoms with Gasteiger partial charge in [-0.3, -0.25) is 4.79 Å². The van der Waals surface area contributed by atoms with Crippen molar-refractivity contribution in [3.63, 3.8) is 0 Å². The summed E-state index contributed by atoms with van der Waals surface area (Å²) in [5.74, 6) is 0.400. The van der Waals surface area contributed by atoms with E-state index in [1.807, 2.05) is 30.3 Å². The maximum atomic E-state index is 11.6. The molecule has 1 aromatic heterocycles. The zero-order valence-corrected chi connectivity index (χ0v) is 10.8. The molecule has 0 aliphatic rings. The summed E-state index contributed by atoms with van der Waals surface area (Å²) in [6.45, 7) is 1.68. The number of benzene rings is 1. The summed E-state index contributed by atoms with van der Waals surface area (Å²) in [7, 11) is 1.49. The van der Waals surface area contributed by atoms with Crippen LogP contribution < -0.4 is 5.32 Å².